The number of nitrogens with zero attached hydrogens (tertiary/aromatic N) is 1. The third kappa shape index (κ3) is 4.31. The zero-order valence-electron chi connectivity index (χ0n) is 15.8. The second-order valence-electron chi connectivity index (χ2n) is 6.51. The van der Waals surface area contributed by atoms with E-state index in [4.69, 9.17) is 9.47 Å². The number of carbonyl (C=O) groups excluding carboxylic acids is 3. The molecule has 0 radical (unpaired) electrons. The van der Waals surface area contributed by atoms with E-state index in [0.717, 1.165) is 0 Å². The van der Waals surface area contributed by atoms with Crippen LogP contribution in [0.25, 0.3) is 0 Å². The fourth-order valence-corrected chi connectivity index (χ4v) is 3.04. The topological polar surface area (TPSA) is 84.9 Å². The highest BCUT2D eigenvalue weighted by atomic mass is 16.5. The molecular formula is C21H22N2O5. The molecule has 0 spiro atoms. The van der Waals surface area contributed by atoms with Gasteiger partial charge in [-0.05, 0) is 31.2 Å². The number of hydrogen-bond donors (Lipinski definition) is 1. The molecule has 1 fully saturated rings. The molecular weight excluding hydrogens is 360 g/mol. The molecule has 0 unspecified atom stereocenters. The summed E-state index contributed by atoms with van der Waals surface area (Å²) in [5.41, 5.74) is 1.23. The number of ether oxygens (including phenoxy) is 2. The number of esters is 1. The van der Waals surface area contributed by atoms with Crippen molar-refractivity contribution in [1.82, 2.24) is 0 Å². The monoisotopic (exact) mass is 382 g/mol. The Morgan fingerprint density at radius 1 is 1.11 bits per heavy atom. The van der Waals surface area contributed by atoms with Gasteiger partial charge in [0, 0.05) is 18.7 Å². The van der Waals surface area contributed by atoms with Crippen LogP contribution in [-0.4, -0.2) is 37.5 Å². The maximum atomic E-state index is 12.5. The van der Waals surface area contributed by atoms with E-state index in [1.54, 1.807) is 42.5 Å². The molecule has 1 N–H and O–H groups in total. The lowest BCUT2D eigenvalue weighted by atomic mass is 10.1. The number of hydrogen-bond acceptors (Lipinski definition) is 5. The minimum Gasteiger partial charge on any atom is -0.495 e. The molecule has 28 heavy (non-hydrogen) atoms. The molecule has 1 aliphatic heterocycles. The van der Waals surface area contributed by atoms with Crippen LogP contribution >= 0.6 is 0 Å². The summed E-state index contributed by atoms with van der Waals surface area (Å²) in [6.07, 6.45) is -0.938. The smallest absolute Gasteiger partial charge is 0.312 e. The highest BCUT2D eigenvalue weighted by molar-refractivity contribution is 6.01. The van der Waals surface area contributed by atoms with E-state index < -0.39 is 23.9 Å². The Balaban J connectivity index is 1.60. The lowest BCUT2D eigenvalue weighted by Gasteiger charge is -2.20. The second kappa shape index (κ2) is 8.56. The molecule has 0 aromatic heterocycles. The molecule has 0 bridgehead atoms. The van der Waals surface area contributed by atoms with Crippen LogP contribution in [0.3, 0.4) is 0 Å². The number of nitrogens with one attached hydrogen (secondary N) is 1. The lowest BCUT2D eigenvalue weighted by Crippen LogP contribution is -2.33. The maximum Gasteiger partial charge on any atom is 0.312 e. The molecule has 1 heterocycles. The predicted octanol–water partition coefficient (Wildman–Crippen LogP) is 2.62. The van der Waals surface area contributed by atoms with Crippen LogP contribution in [0.2, 0.25) is 0 Å². The molecule has 0 aliphatic carbocycles. The molecule has 7 nitrogen and oxygen atoms in total. The van der Waals surface area contributed by atoms with Crippen molar-refractivity contribution in [2.75, 3.05) is 23.9 Å². The third-order valence-corrected chi connectivity index (χ3v) is 4.54. The molecule has 1 saturated heterocycles. The van der Waals surface area contributed by atoms with Crippen LogP contribution < -0.4 is 15.0 Å². The number of carbonyl (C=O) groups is 3. The number of amides is 2. The van der Waals surface area contributed by atoms with Gasteiger partial charge in [-0.2, -0.15) is 0 Å². The molecule has 2 aromatic rings. The normalized spacial score (nSPS) is 17.1. The summed E-state index contributed by atoms with van der Waals surface area (Å²) in [4.78, 5) is 38.6. The zero-order valence-corrected chi connectivity index (χ0v) is 15.8. The third-order valence-electron chi connectivity index (χ3n) is 4.54. The first-order valence-corrected chi connectivity index (χ1v) is 8.99. The van der Waals surface area contributed by atoms with Crippen molar-refractivity contribution < 1.29 is 23.9 Å². The fourth-order valence-electron chi connectivity index (χ4n) is 3.04. The minimum atomic E-state index is -0.969. The molecule has 3 rings (SSSR count). The van der Waals surface area contributed by atoms with E-state index in [9.17, 15) is 14.4 Å². The summed E-state index contributed by atoms with van der Waals surface area (Å²) < 4.78 is 10.6. The van der Waals surface area contributed by atoms with Gasteiger partial charge in [0.25, 0.3) is 5.91 Å². The van der Waals surface area contributed by atoms with Crippen molar-refractivity contribution in [3.63, 3.8) is 0 Å². The Hall–Kier alpha value is -3.35. The first kappa shape index (κ1) is 19.4. The summed E-state index contributed by atoms with van der Waals surface area (Å²) in [6, 6.07) is 16.0. The van der Waals surface area contributed by atoms with E-state index >= 15 is 0 Å². The summed E-state index contributed by atoms with van der Waals surface area (Å²) in [5, 5.41) is 2.69. The molecule has 2 amide bonds. The Kier molecular flexibility index (Phi) is 5.93. The lowest BCUT2D eigenvalue weighted by molar-refractivity contribution is -0.157. The standard InChI is InChI=1S/C21H22N2O5/c1-14(20(25)22-16-8-4-3-5-9-16)28-21(26)15-12-19(24)23(13-15)17-10-6-7-11-18(17)27-2/h3-11,14-15H,12-13H2,1-2H3,(H,22,25)/t14-,15-/m1/s1. The van der Waals surface area contributed by atoms with Gasteiger partial charge in [0.1, 0.15) is 5.75 Å². The van der Waals surface area contributed by atoms with E-state index in [2.05, 4.69) is 5.32 Å². The second-order valence-corrected chi connectivity index (χ2v) is 6.51. The summed E-state index contributed by atoms with van der Waals surface area (Å²) in [5.74, 6) is -1.26. The Morgan fingerprint density at radius 2 is 1.79 bits per heavy atom. The summed E-state index contributed by atoms with van der Waals surface area (Å²) >= 11 is 0. The Labute approximate surface area is 163 Å². The van der Waals surface area contributed by atoms with E-state index in [1.165, 1.54) is 18.9 Å². The Morgan fingerprint density at radius 3 is 2.50 bits per heavy atom. The highest BCUT2D eigenvalue weighted by Crippen LogP contribution is 2.33. The van der Waals surface area contributed by atoms with Gasteiger partial charge in [-0.3, -0.25) is 14.4 Å². The average molecular weight is 382 g/mol. The van der Waals surface area contributed by atoms with Crippen LogP contribution in [0.15, 0.2) is 54.6 Å². The van der Waals surface area contributed by atoms with Crippen molar-refractivity contribution in [3.05, 3.63) is 54.6 Å². The highest BCUT2D eigenvalue weighted by Gasteiger charge is 2.38. The molecule has 7 heteroatoms. The molecule has 2 aromatic carbocycles. The van der Waals surface area contributed by atoms with Gasteiger partial charge >= 0.3 is 5.97 Å². The van der Waals surface area contributed by atoms with Crippen LogP contribution in [0.5, 0.6) is 5.75 Å². The molecule has 0 saturated carbocycles. The number of para-hydroxylation sites is 3. The maximum absolute atomic E-state index is 12.5. The van der Waals surface area contributed by atoms with Gasteiger partial charge < -0.3 is 19.7 Å². The van der Waals surface area contributed by atoms with Crippen molar-refractivity contribution in [1.29, 1.82) is 0 Å². The first-order chi connectivity index (χ1) is 13.5. The summed E-state index contributed by atoms with van der Waals surface area (Å²) in [6.45, 7) is 1.69. The SMILES string of the molecule is COc1ccccc1N1C[C@H](C(=O)O[C@H](C)C(=O)Nc2ccccc2)CC1=O. The first-order valence-electron chi connectivity index (χ1n) is 8.99. The fraction of sp³-hybridized carbons (Fsp3) is 0.286. The quantitative estimate of drug-likeness (QED) is 0.777. The van der Waals surface area contributed by atoms with Gasteiger partial charge in [0.15, 0.2) is 6.10 Å². The van der Waals surface area contributed by atoms with Crippen molar-refractivity contribution in [2.24, 2.45) is 5.92 Å². The van der Waals surface area contributed by atoms with Gasteiger partial charge in [-0.25, -0.2) is 0 Å². The van der Waals surface area contributed by atoms with Crippen molar-refractivity contribution in [3.8, 4) is 5.75 Å². The van der Waals surface area contributed by atoms with E-state index in [-0.39, 0.29) is 18.9 Å². The van der Waals surface area contributed by atoms with Crippen LogP contribution in [0.4, 0.5) is 11.4 Å². The van der Waals surface area contributed by atoms with Gasteiger partial charge in [-0.1, -0.05) is 30.3 Å². The largest absolute Gasteiger partial charge is 0.495 e. The number of rotatable bonds is 6. The van der Waals surface area contributed by atoms with Crippen LogP contribution in [-0.2, 0) is 19.1 Å². The minimum absolute atomic E-state index is 0.0317. The molecule has 146 valence electrons. The van der Waals surface area contributed by atoms with Gasteiger partial charge in [-0.15, -0.1) is 0 Å². The van der Waals surface area contributed by atoms with Crippen LogP contribution in [0, 0.1) is 5.92 Å². The number of methoxy groups -OCH3 is 1. The molecule has 2 atom stereocenters. The molecule has 1 aliphatic rings. The van der Waals surface area contributed by atoms with Gasteiger partial charge in [0.2, 0.25) is 5.91 Å². The average Bonchev–Trinajstić information content (AvgIpc) is 3.10. The van der Waals surface area contributed by atoms with Crippen LogP contribution in [0.1, 0.15) is 13.3 Å². The summed E-state index contributed by atoms with van der Waals surface area (Å²) in [7, 11) is 1.53. The van der Waals surface area contributed by atoms with E-state index in [0.29, 0.717) is 17.1 Å². The van der Waals surface area contributed by atoms with Crippen molar-refractivity contribution >= 4 is 29.2 Å². The van der Waals surface area contributed by atoms with Crippen molar-refractivity contribution in [2.45, 2.75) is 19.4 Å². The Bertz CT molecular complexity index is 868. The zero-order chi connectivity index (χ0) is 20.1. The van der Waals surface area contributed by atoms with E-state index in [1.807, 2.05) is 12.1 Å². The number of benzene rings is 2. The van der Waals surface area contributed by atoms with Gasteiger partial charge in [0.05, 0.1) is 18.7 Å². The number of anilines is 2. The predicted molar refractivity (Wildman–Crippen MR) is 104 cm³/mol.